The Kier molecular flexibility index (Phi) is 5.82. The zero-order chi connectivity index (χ0) is 20.4. The van der Waals surface area contributed by atoms with Crippen molar-refractivity contribution in [2.45, 2.75) is 6.92 Å². The van der Waals surface area contributed by atoms with E-state index in [9.17, 15) is 9.59 Å². The molecule has 0 radical (unpaired) electrons. The Hall–Kier alpha value is -2.70. The van der Waals surface area contributed by atoms with Gasteiger partial charge in [-0.3, -0.25) is 19.4 Å². The Morgan fingerprint density at radius 1 is 1.00 bits per heavy atom. The maximum absolute atomic E-state index is 13.2. The first kappa shape index (κ1) is 20.0. The summed E-state index contributed by atoms with van der Waals surface area (Å²) in [5.74, 6) is -0.835. The maximum Gasteiger partial charge on any atom is 0.270 e. The van der Waals surface area contributed by atoms with E-state index < -0.39 is 5.91 Å². The van der Waals surface area contributed by atoms with Gasteiger partial charge in [0.15, 0.2) is 5.11 Å². The van der Waals surface area contributed by atoms with Crippen molar-refractivity contribution < 1.29 is 9.59 Å². The van der Waals surface area contributed by atoms with Gasteiger partial charge < -0.3 is 4.90 Å². The molecule has 0 aromatic heterocycles. The third-order valence-corrected chi connectivity index (χ3v) is 5.11. The molecular formula is C21H20ClN3O2S. The summed E-state index contributed by atoms with van der Waals surface area (Å²) >= 11 is 11.4. The Morgan fingerprint density at radius 3 is 2.14 bits per heavy atom. The summed E-state index contributed by atoms with van der Waals surface area (Å²) in [5.41, 5.74) is 2.44. The number of benzene rings is 2. The highest BCUT2D eigenvalue weighted by atomic mass is 35.5. The molecule has 0 unspecified atom stereocenters. The number of hydrogen-bond donors (Lipinski definition) is 0. The van der Waals surface area contributed by atoms with Gasteiger partial charge in [0.05, 0.1) is 5.69 Å². The lowest BCUT2D eigenvalue weighted by Crippen LogP contribution is -2.56. The van der Waals surface area contributed by atoms with E-state index in [1.165, 1.54) is 9.80 Å². The highest BCUT2D eigenvalue weighted by Gasteiger charge is 2.39. The molecule has 1 saturated heterocycles. The van der Waals surface area contributed by atoms with E-state index in [1.54, 1.807) is 30.3 Å². The van der Waals surface area contributed by atoms with E-state index in [-0.39, 0.29) is 16.6 Å². The molecule has 0 saturated carbocycles. The van der Waals surface area contributed by atoms with Gasteiger partial charge in [0.25, 0.3) is 11.8 Å². The van der Waals surface area contributed by atoms with Crippen LogP contribution in [0.25, 0.3) is 6.08 Å². The first-order valence-corrected chi connectivity index (χ1v) is 9.57. The monoisotopic (exact) mass is 413 g/mol. The molecule has 2 aromatic rings. The Bertz CT molecular complexity index is 953. The Balaban J connectivity index is 2.03. The van der Waals surface area contributed by atoms with Crippen molar-refractivity contribution >= 4 is 58.2 Å². The minimum absolute atomic E-state index is 0.0722. The fraction of sp³-hybridized carbons (Fsp3) is 0.190. The number of halogens is 1. The molecule has 5 nitrogen and oxygen atoms in total. The van der Waals surface area contributed by atoms with Crippen LogP contribution in [0.1, 0.15) is 12.5 Å². The topological polar surface area (TPSA) is 43.9 Å². The van der Waals surface area contributed by atoms with Gasteiger partial charge in [-0.1, -0.05) is 23.7 Å². The first-order valence-electron chi connectivity index (χ1n) is 8.78. The Morgan fingerprint density at radius 2 is 1.61 bits per heavy atom. The van der Waals surface area contributed by atoms with E-state index in [0.717, 1.165) is 11.3 Å². The van der Waals surface area contributed by atoms with E-state index in [2.05, 4.69) is 0 Å². The highest BCUT2D eigenvalue weighted by Crippen LogP contribution is 2.27. The Labute approximate surface area is 174 Å². The fourth-order valence-corrected chi connectivity index (χ4v) is 3.43. The lowest BCUT2D eigenvalue weighted by Gasteiger charge is -2.36. The summed E-state index contributed by atoms with van der Waals surface area (Å²) in [6, 6.07) is 14.4. The number of hydrogen-bond acceptors (Lipinski definition) is 4. The molecular weight excluding hydrogens is 394 g/mol. The summed E-state index contributed by atoms with van der Waals surface area (Å²) in [5, 5.41) is 0.722. The minimum atomic E-state index is -0.446. The normalized spacial score (nSPS) is 16.1. The smallest absolute Gasteiger partial charge is 0.270 e. The van der Waals surface area contributed by atoms with Gasteiger partial charge in [0.1, 0.15) is 5.57 Å². The van der Waals surface area contributed by atoms with Crippen LogP contribution in [0.5, 0.6) is 0 Å². The molecule has 3 rings (SSSR count). The van der Waals surface area contributed by atoms with Gasteiger partial charge in [-0.25, -0.2) is 0 Å². The van der Waals surface area contributed by atoms with Crippen molar-refractivity contribution in [1.29, 1.82) is 0 Å². The van der Waals surface area contributed by atoms with Gasteiger partial charge in [-0.15, -0.1) is 0 Å². The summed E-state index contributed by atoms with van der Waals surface area (Å²) in [6.45, 7) is 2.19. The predicted molar refractivity (Wildman–Crippen MR) is 118 cm³/mol. The van der Waals surface area contributed by atoms with E-state index in [1.807, 2.05) is 50.2 Å². The number of carbonyl (C=O) groups is 2. The van der Waals surface area contributed by atoms with Crippen molar-refractivity contribution in [3.8, 4) is 0 Å². The van der Waals surface area contributed by atoms with Crippen LogP contribution in [0.2, 0.25) is 5.02 Å². The van der Waals surface area contributed by atoms with Gasteiger partial charge in [0, 0.05) is 31.4 Å². The zero-order valence-electron chi connectivity index (χ0n) is 15.8. The van der Waals surface area contributed by atoms with Crippen molar-refractivity contribution in [3.05, 3.63) is 64.7 Å². The van der Waals surface area contributed by atoms with E-state index >= 15 is 0 Å². The predicted octanol–water partition coefficient (Wildman–Crippen LogP) is 3.97. The molecule has 144 valence electrons. The first-order chi connectivity index (χ1) is 13.3. The van der Waals surface area contributed by atoms with Crippen molar-refractivity contribution in [3.63, 3.8) is 0 Å². The summed E-state index contributed by atoms with van der Waals surface area (Å²) in [4.78, 5) is 30.8. The molecule has 28 heavy (non-hydrogen) atoms. The van der Waals surface area contributed by atoms with Crippen LogP contribution in [-0.4, -0.2) is 42.5 Å². The third kappa shape index (κ3) is 3.79. The lowest BCUT2D eigenvalue weighted by atomic mass is 10.1. The third-order valence-electron chi connectivity index (χ3n) is 4.45. The van der Waals surface area contributed by atoms with Gasteiger partial charge in [0.2, 0.25) is 0 Å². The van der Waals surface area contributed by atoms with Crippen LogP contribution in [-0.2, 0) is 9.59 Å². The summed E-state index contributed by atoms with van der Waals surface area (Å²) < 4.78 is 0. The number of likely N-dealkylation sites (N-methyl/N-ethyl adjacent to an activating group) is 1. The molecule has 0 aliphatic carbocycles. The summed E-state index contributed by atoms with van der Waals surface area (Å²) in [7, 11) is 3.90. The molecule has 2 amide bonds. The zero-order valence-corrected chi connectivity index (χ0v) is 17.4. The van der Waals surface area contributed by atoms with Gasteiger partial charge in [-0.05, 0) is 67.2 Å². The van der Waals surface area contributed by atoms with Crippen LogP contribution in [0.4, 0.5) is 11.4 Å². The molecule has 1 aliphatic rings. The standard InChI is InChI=1S/C21H20ClN3O2S/c1-4-24-19(26)18(13-14-5-9-16(10-6-14)23(2)3)20(27)25(21(24)28)17-11-7-15(22)8-12-17/h5-13H,4H2,1-3H3/b18-13+. The minimum Gasteiger partial charge on any atom is -0.378 e. The number of carbonyl (C=O) groups excluding carboxylic acids is 2. The molecule has 0 N–H and O–H groups in total. The largest absolute Gasteiger partial charge is 0.378 e. The van der Waals surface area contributed by atoms with Crippen LogP contribution < -0.4 is 9.80 Å². The molecule has 0 bridgehead atoms. The maximum atomic E-state index is 13.2. The molecule has 2 aromatic carbocycles. The number of anilines is 2. The fourth-order valence-electron chi connectivity index (χ4n) is 2.91. The van der Waals surface area contributed by atoms with Crippen LogP contribution >= 0.6 is 23.8 Å². The molecule has 1 fully saturated rings. The second-order valence-corrected chi connectivity index (χ2v) is 7.29. The van der Waals surface area contributed by atoms with Gasteiger partial charge >= 0.3 is 0 Å². The number of amides is 2. The number of nitrogens with zero attached hydrogens (tertiary/aromatic N) is 3. The quantitative estimate of drug-likeness (QED) is 0.432. The second-order valence-electron chi connectivity index (χ2n) is 6.49. The van der Waals surface area contributed by atoms with Crippen molar-refractivity contribution in [2.75, 3.05) is 30.4 Å². The van der Waals surface area contributed by atoms with Crippen LogP contribution in [0.15, 0.2) is 54.1 Å². The van der Waals surface area contributed by atoms with Gasteiger partial charge in [-0.2, -0.15) is 0 Å². The van der Waals surface area contributed by atoms with E-state index in [4.69, 9.17) is 23.8 Å². The molecule has 1 aliphatic heterocycles. The second kappa shape index (κ2) is 8.12. The van der Waals surface area contributed by atoms with Crippen molar-refractivity contribution in [2.24, 2.45) is 0 Å². The van der Waals surface area contributed by atoms with Crippen LogP contribution in [0, 0.1) is 0 Å². The average Bonchev–Trinajstić information content (AvgIpc) is 2.67. The lowest BCUT2D eigenvalue weighted by molar-refractivity contribution is -0.127. The molecule has 0 spiro atoms. The van der Waals surface area contributed by atoms with Crippen molar-refractivity contribution in [1.82, 2.24) is 4.90 Å². The van der Waals surface area contributed by atoms with E-state index in [0.29, 0.717) is 17.3 Å². The molecule has 7 heteroatoms. The molecule has 1 heterocycles. The number of rotatable bonds is 4. The SMILES string of the molecule is CCN1C(=O)/C(=C\c2ccc(N(C)C)cc2)C(=O)N(c2ccc(Cl)cc2)C1=S. The number of thiocarbonyl (C=S) groups is 1. The average molecular weight is 414 g/mol. The summed E-state index contributed by atoms with van der Waals surface area (Å²) in [6.07, 6.45) is 1.61. The molecule has 0 atom stereocenters. The van der Waals surface area contributed by atoms with Crippen LogP contribution in [0.3, 0.4) is 0 Å². The highest BCUT2D eigenvalue weighted by molar-refractivity contribution is 7.80.